The summed E-state index contributed by atoms with van der Waals surface area (Å²) in [5.41, 5.74) is 2.70. The third-order valence-electron chi connectivity index (χ3n) is 3.45. The van der Waals surface area contributed by atoms with Crippen LogP contribution in [0, 0.1) is 0 Å². The minimum absolute atomic E-state index is 0.137. The van der Waals surface area contributed by atoms with Gasteiger partial charge in [-0.3, -0.25) is 0 Å². The smallest absolute Gasteiger partial charge is 0.0722 e. The van der Waals surface area contributed by atoms with Crippen LogP contribution in [0.1, 0.15) is 33.3 Å². The average molecular weight is 341 g/mol. The largest absolute Gasteiger partial charge is 0.375 e. The van der Waals surface area contributed by atoms with Crippen molar-refractivity contribution >= 4 is 21.6 Å². The third-order valence-corrected chi connectivity index (χ3v) is 4.19. The van der Waals surface area contributed by atoms with Crippen molar-refractivity contribution in [3.8, 4) is 0 Å². The van der Waals surface area contributed by atoms with Gasteiger partial charge in [-0.25, -0.2) is 0 Å². The summed E-state index contributed by atoms with van der Waals surface area (Å²) in [6.45, 7) is 12.3. The Morgan fingerprint density at radius 1 is 1.40 bits per heavy atom. The van der Waals surface area contributed by atoms with Gasteiger partial charge in [-0.15, -0.1) is 0 Å². The fourth-order valence-electron chi connectivity index (χ4n) is 2.29. The summed E-state index contributed by atoms with van der Waals surface area (Å²) in [6, 6.07) is 6.64. The highest BCUT2D eigenvalue weighted by Crippen LogP contribution is 2.26. The molecule has 1 aromatic carbocycles. The van der Waals surface area contributed by atoms with E-state index in [1.54, 1.807) is 0 Å². The standard InChI is InChI=1S/C16H25BrN2O/c1-12-11-19(7-8-20-12)14-6-5-13(15(17)9-14)10-18-16(2,3)4/h5-6,9,12,18H,7-8,10-11H2,1-4H3. The molecule has 1 N–H and O–H groups in total. The second-order valence-corrected chi connectivity index (χ2v) is 7.36. The average Bonchev–Trinajstić information content (AvgIpc) is 2.36. The zero-order chi connectivity index (χ0) is 14.8. The van der Waals surface area contributed by atoms with Gasteiger partial charge in [-0.05, 0) is 45.4 Å². The van der Waals surface area contributed by atoms with Gasteiger partial charge in [0.1, 0.15) is 0 Å². The van der Waals surface area contributed by atoms with Crippen LogP contribution >= 0.6 is 15.9 Å². The van der Waals surface area contributed by atoms with Crippen LogP contribution in [-0.4, -0.2) is 31.3 Å². The lowest BCUT2D eigenvalue weighted by Crippen LogP contribution is -2.41. The summed E-state index contributed by atoms with van der Waals surface area (Å²) >= 11 is 3.70. The summed E-state index contributed by atoms with van der Waals surface area (Å²) in [5, 5.41) is 3.52. The number of hydrogen-bond donors (Lipinski definition) is 1. The highest BCUT2D eigenvalue weighted by molar-refractivity contribution is 9.10. The molecule has 0 saturated carbocycles. The second-order valence-electron chi connectivity index (χ2n) is 6.51. The van der Waals surface area contributed by atoms with Crippen molar-refractivity contribution in [1.82, 2.24) is 5.32 Å². The molecule has 1 atom stereocenters. The first-order valence-electron chi connectivity index (χ1n) is 7.25. The molecule has 0 bridgehead atoms. The van der Waals surface area contributed by atoms with Crippen LogP contribution < -0.4 is 10.2 Å². The molecule has 20 heavy (non-hydrogen) atoms. The minimum Gasteiger partial charge on any atom is -0.375 e. The highest BCUT2D eigenvalue weighted by atomic mass is 79.9. The van der Waals surface area contributed by atoms with E-state index in [1.165, 1.54) is 15.7 Å². The van der Waals surface area contributed by atoms with E-state index in [1.807, 2.05) is 0 Å². The second kappa shape index (κ2) is 6.46. The zero-order valence-corrected chi connectivity index (χ0v) is 14.5. The maximum atomic E-state index is 5.60. The molecule has 1 fully saturated rings. The zero-order valence-electron chi connectivity index (χ0n) is 12.9. The fourth-order valence-corrected chi connectivity index (χ4v) is 2.80. The number of ether oxygens (including phenoxy) is 1. The number of rotatable bonds is 3. The van der Waals surface area contributed by atoms with E-state index in [0.717, 1.165) is 26.2 Å². The molecule has 1 aromatic rings. The van der Waals surface area contributed by atoms with E-state index >= 15 is 0 Å². The molecule has 1 heterocycles. The Morgan fingerprint density at radius 2 is 2.15 bits per heavy atom. The first-order chi connectivity index (χ1) is 9.35. The molecule has 0 radical (unpaired) electrons. The molecule has 0 aliphatic carbocycles. The molecule has 112 valence electrons. The molecule has 1 aliphatic rings. The maximum absolute atomic E-state index is 5.60. The number of benzene rings is 1. The third kappa shape index (κ3) is 4.47. The summed E-state index contributed by atoms with van der Waals surface area (Å²) in [7, 11) is 0. The number of hydrogen-bond acceptors (Lipinski definition) is 3. The first-order valence-corrected chi connectivity index (χ1v) is 8.04. The van der Waals surface area contributed by atoms with Gasteiger partial charge < -0.3 is 15.0 Å². The van der Waals surface area contributed by atoms with Crippen molar-refractivity contribution in [3.63, 3.8) is 0 Å². The van der Waals surface area contributed by atoms with Crippen LogP contribution in [0.15, 0.2) is 22.7 Å². The summed E-state index contributed by atoms with van der Waals surface area (Å²) in [5.74, 6) is 0. The number of nitrogens with one attached hydrogen (secondary N) is 1. The SMILES string of the molecule is CC1CN(c2ccc(CNC(C)(C)C)c(Br)c2)CCO1. The molecule has 2 rings (SSSR count). The van der Waals surface area contributed by atoms with Crippen LogP contribution in [0.2, 0.25) is 0 Å². The fraction of sp³-hybridized carbons (Fsp3) is 0.625. The molecule has 0 amide bonds. The van der Waals surface area contributed by atoms with Crippen molar-refractivity contribution in [3.05, 3.63) is 28.2 Å². The van der Waals surface area contributed by atoms with Gasteiger partial charge in [0.05, 0.1) is 12.7 Å². The monoisotopic (exact) mass is 340 g/mol. The van der Waals surface area contributed by atoms with Crippen molar-refractivity contribution in [1.29, 1.82) is 0 Å². The molecule has 1 unspecified atom stereocenters. The lowest BCUT2D eigenvalue weighted by Gasteiger charge is -2.33. The van der Waals surface area contributed by atoms with Gasteiger partial charge >= 0.3 is 0 Å². The van der Waals surface area contributed by atoms with Gasteiger partial charge in [0, 0.05) is 35.3 Å². The maximum Gasteiger partial charge on any atom is 0.0722 e. The number of halogens is 1. The quantitative estimate of drug-likeness (QED) is 0.910. The molecular weight excluding hydrogens is 316 g/mol. The molecule has 0 spiro atoms. The van der Waals surface area contributed by atoms with Gasteiger partial charge in [-0.2, -0.15) is 0 Å². The summed E-state index contributed by atoms with van der Waals surface area (Å²) < 4.78 is 6.77. The first kappa shape index (κ1) is 15.8. The lowest BCUT2D eigenvalue weighted by molar-refractivity contribution is 0.0532. The topological polar surface area (TPSA) is 24.5 Å². The molecular formula is C16H25BrN2O. The summed E-state index contributed by atoms with van der Waals surface area (Å²) in [4.78, 5) is 2.39. The van der Waals surface area contributed by atoms with Crippen LogP contribution in [0.25, 0.3) is 0 Å². The highest BCUT2D eigenvalue weighted by Gasteiger charge is 2.18. The van der Waals surface area contributed by atoms with Gasteiger partial charge in [0.2, 0.25) is 0 Å². The Bertz CT molecular complexity index is 456. The molecule has 4 heteroatoms. The molecule has 1 aliphatic heterocycles. The van der Waals surface area contributed by atoms with Crippen molar-refractivity contribution in [2.75, 3.05) is 24.6 Å². The number of morpholine rings is 1. The predicted octanol–water partition coefficient (Wildman–Crippen LogP) is 3.56. The van der Waals surface area contributed by atoms with Crippen LogP contribution in [0.4, 0.5) is 5.69 Å². The van der Waals surface area contributed by atoms with E-state index in [4.69, 9.17) is 4.74 Å². The van der Waals surface area contributed by atoms with Gasteiger partial charge in [0.25, 0.3) is 0 Å². The van der Waals surface area contributed by atoms with Crippen molar-refractivity contribution in [2.45, 2.75) is 45.9 Å². The normalized spacial score (nSPS) is 20.2. The van der Waals surface area contributed by atoms with E-state index in [9.17, 15) is 0 Å². The Hall–Kier alpha value is -0.580. The van der Waals surface area contributed by atoms with Gasteiger partial charge in [-0.1, -0.05) is 22.0 Å². The Kier molecular flexibility index (Phi) is 5.10. The minimum atomic E-state index is 0.137. The predicted molar refractivity (Wildman–Crippen MR) is 88.4 cm³/mol. The van der Waals surface area contributed by atoms with E-state index in [2.05, 4.69) is 72.0 Å². The van der Waals surface area contributed by atoms with Crippen molar-refractivity contribution in [2.24, 2.45) is 0 Å². The Labute approximate surface area is 130 Å². The van der Waals surface area contributed by atoms with Gasteiger partial charge in [0.15, 0.2) is 0 Å². The molecule has 1 saturated heterocycles. The van der Waals surface area contributed by atoms with E-state index < -0.39 is 0 Å². The Balaban J connectivity index is 2.05. The lowest BCUT2D eigenvalue weighted by atomic mass is 10.1. The number of anilines is 1. The summed E-state index contributed by atoms with van der Waals surface area (Å²) in [6.07, 6.45) is 0.310. The van der Waals surface area contributed by atoms with E-state index in [0.29, 0.717) is 6.10 Å². The van der Waals surface area contributed by atoms with Crippen LogP contribution in [0.5, 0.6) is 0 Å². The number of nitrogens with zero attached hydrogens (tertiary/aromatic N) is 1. The van der Waals surface area contributed by atoms with E-state index in [-0.39, 0.29) is 5.54 Å². The molecule has 3 nitrogen and oxygen atoms in total. The van der Waals surface area contributed by atoms with Crippen LogP contribution in [0.3, 0.4) is 0 Å². The molecule has 0 aromatic heterocycles. The Morgan fingerprint density at radius 3 is 2.75 bits per heavy atom. The van der Waals surface area contributed by atoms with Crippen molar-refractivity contribution < 1.29 is 4.74 Å². The van der Waals surface area contributed by atoms with Crippen LogP contribution in [-0.2, 0) is 11.3 Å².